The number of fused-ring (bicyclic) bond motifs is 1. The van der Waals surface area contributed by atoms with Gasteiger partial charge in [0.25, 0.3) is 5.91 Å². The molecule has 34 heavy (non-hydrogen) atoms. The Balaban J connectivity index is 1.21. The van der Waals surface area contributed by atoms with Crippen molar-refractivity contribution in [2.45, 2.75) is 30.1 Å². The summed E-state index contributed by atoms with van der Waals surface area (Å²) in [6.07, 6.45) is 9.18. The number of carbonyl (C=O) groups excluding carboxylic acids is 1. The van der Waals surface area contributed by atoms with Crippen LogP contribution in [0.4, 0.5) is 5.69 Å². The van der Waals surface area contributed by atoms with Gasteiger partial charge in [0.05, 0.1) is 5.70 Å². The van der Waals surface area contributed by atoms with Gasteiger partial charge in [-0.15, -0.1) is 0 Å². The molecule has 0 spiro atoms. The number of anilines is 1. The van der Waals surface area contributed by atoms with Crippen LogP contribution in [0.5, 0.6) is 0 Å². The number of amidine groups is 1. The van der Waals surface area contributed by atoms with E-state index in [9.17, 15) is 9.00 Å². The molecule has 0 saturated carbocycles. The van der Waals surface area contributed by atoms with Gasteiger partial charge >= 0.3 is 0 Å². The minimum absolute atomic E-state index is 0.0346. The molecule has 3 aliphatic heterocycles. The monoisotopic (exact) mass is 476 g/mol. The first-order valence-corrected chi connectivity index (χ1v) is 13.0. The molecular formula is C25H28N6O2S. The van der Waals surface area contributed by atoms with Crippen LogP contribution >= 0.6 is 0 Å². The zero-order chi connectivity index (χ0) is 23.5. The number of rotatable bonds is 6. The van der Waals surface area contributed by atoms with Crippen molar-refractivity contribution >= 4 is 33.9 Å². The van der Waals surface area contributed by atoms with Crippen molar-refractivity contribution in [1.29, 1.82) is 0 Å². The van der Waals surface area contributed by atoms with Gasteiger partial charge in [0.1, 0.15) is 5.84 Å². The number of hydrazine groups is 1. The lowest BCUT2D eigenvalue weighted by atomic mass is 10.1. The van der Waals surface area contributed by atoms with Crippen LogP contribution in [0.3, 0.4) is 0 Å². The van der Waals surface area contributed by atoms with Crippen LogP contribution in [0.15, 0.2) is 76.6 Å². The number of allylic oxidation sites excluding steroid dienone is 2. The van der Waals surface area contributed by atoms with E-state index in [1.54, 1.807) is 6.26 Å². The van der Waals surface area contributed by atoms with Crippen LogP contribution in [0.1, 0.15) is 28.8 Å². The van der Waals surface area contributed by atoms with Crippen molar-refractivity contribution in [2.24, 2.45) is 4.99 Å². The normalized spacial score (nSPS) is 20.9. The lowest BCUT2D eigenvalue weighted by Gasteiger charge is -2.26. The van der Waals surface area contributed by atoms with E-state index in [1.807, 2.05) is 71.8 Å². The SMILES string of the molecule is CS(=O)c1ccc(C2=CC=CC3=NC(Nc4ccc(C(=O)NC5CCNCC5)cc4)NN23)cc1. The molecule has 0 aromatic heterocycles. The molecule has 1 saturated heterocycles. The first-order chi connectivity index (χ1) is 16.6. The maximum absolute atomic E-state index is 12.5. The van der Waals surface area contributed by atoms with Crippen molar-refractivity contribution < 1.29 is 9.00 Å². The quantitative estimate of drug-likeness (QED) is 0.511. The number of hydrogen-bond donors (Lipinski definition) is 4. The fourth-order valence-electron chi connectivity index (χ4n) is 4.24. The topological polar surface area (TPSA) is 97.9 Å². The van der Waals surface area contributed by atoms with E-state index in [4.69, 9.17) is 4.99 Å². The summed E-state index contributed by atoms with van der Waals surface area (Å²) in [6.45, 7) is 1.89. The van der Waals surface area contributed by atoms with Crippen molar-refractivity contribution in [2.75, 3.05) is 24.7 Å². The summed E-state index contributed by atoms with van der Waals surface area (Å²) in [4.78, 5) is 18.1. The Morgan fingerprint density at radius 3 is 2.53 bits per heavy atom. The Kier molecular flexibility index (Phi) is 6.57. The minimum Gasteiger partial charge on any atom is -0.350 e. The summed E-state index contributed by atoms with van der Waals surface area (Å²) in [5, 5.41) is 11.7. The van der Waals surface area contributed by atoms with Crippen LogP contribution in [0, 0.1) is 0 Å². The van der Waals surface area contributed by atoms with Gasteiger partial charge in [-0.1, -0.05) is 18.2 Å². The summed E-state index contributed by atoms with van der Waals surface area (Å²) >= 11 is 0. The molecule has 2 atom stereocenters. The second-order valence-electron chi connectivity index (χ2n) is 8.46. The average Bonchev–Trinajstić information content (AvgIpc) is 3.27. The van der Waals surface area contributed by atoms with Gasteiger partial charge in [-0.05, 0) is 80.0 Å². The molecule has 4 N–H and O–H groups in total. The lowest BCUT2D eigenvalue weighted by molar-refractivity contribution is 0.0929. The molecular weight excluding hydrogens is 448 g/mol. The van der Waals surface area contributed by atoms with E-state index < -0.39 is 10.8 Å². The number of aliphatic imine (C=N–C) groups is 1. The second kappa shape index (κ2) is 9.92. The molecule has 1 fully saturated rings. The highest BCUT2D eigenvalue weighted by Gasteiger charge is 2.28. The standard InChI is InChI=1S/C25H28N6O2S/c1-34(33)21-11-7-17(8-12-21)22-3-2-4-23-29-25(30-31(22)23)28-19-9-5-18(6-10-19)24(32)27-20-13-15-26-16-14-20/h2-12,20,25-26,28,30H,13-16H2,1H3,(H,27,32). The highest BCUT2D eigenvalue weighted by atomic mass is 32.2. The van der Waals surface area contributed by atoms with Crippen LogP contribution in [0.25, 0.3) is 5.70 Å². The molecule has 2 aromatic carbocycles. The van der Waals surface area contributed by atoms with Gasteiger partial charge < -0.3 is 16.0 Å². The molecule has 3 aliphatic rings. The van der Waals surface area contributed by atoms with Crippen LogP contribution in [-0.4, -0.2) is 52.6 Å². The molecule has 0 radical (unpaired) electrons. The Morgan fingerprint density at radius 1 is 1.09 bits per heavy atom. The number of nitrogens with zero attached hydrogens (tertiary/aromatic N) is 2. The Bertz CT molecular complexity index is 1170. The predicted octanol–water partition coefficient (Wildman–Crippen LogP) is 2.43. The Morgan fingerprint density at radius 2 is 1.82 bits per heavy atom. The number of amides is 1. The first-order valence-electron chi connectivity index (χ1n) is 11.4. The van der Waals surface area contributed by atoms with Crippen LogP contribution in [-0.2, 0) is 10.8 Å². The molecule has 2 aromatic rings. The predicted molar refractivity (Wildman–Crippen MR) is 136 cm³/mol. The van der Waals surface area contributed by atoms with Crippen molar-refractivity contribution in [3.63, 3.8) is 0 Å². The third-order valence-electron chi connectivity index (χ3n) is 6.09. The van der Waals surface area contributed by atoms with Crippen molar-refractivity contribution in [3.8, 4) is 0 Å². The molecule has 3 heterocycles. The van der Waals surface area contributed by atoms with Crippen molar-refractivity contribution in [3.05, 3.63) is 77.9 Å². The molecule has 9 heteroatoms. The zero-order valence-corrected chi connectivity index (χ0v) is 19.8. The Labute approximate surface area is 201 Å². The fourth-order valence-corrected chi connectivity index (χ4v) is 4.75. The average molecular weight is 477 g/mol. The largest absolute Gasteiger partial charge is 0.350 e. The number of nitrogens with one attached hydrogen (secondary N) is 4. The van der Waals surface area contributed by atoms with E-state index in [-0.39, 0.29) is 18.2 Å². The summed E-state index contributed by atoms with van der Waals surface area (Å²) in [5.41, 5.74) is 6.85. The summed E-state index contributed by atoms with van der Waals surface area (Å²) in [5.74, 6) is 0.767. The molecule has 1 amide bonds. The van der Waals surface area contributed by atoms with Gasteiger partial charge in [-0.2, -0.15) is 5.43 Å². The third kappa shape index (κ3) is 4.96. The lowest BCUT2D eigenvalue weighted by Crippen LogP contribution is -2.42. The highest BCUT2D eigenvalue weighted by molar-refractivity contribution is 7.84. The van der Waals surface area contributed by atoms with Gasteiger partial charge in [-0.3, -0.25) is 14.0 Å². The summed E-state index contributed by atoms with van der Waals surface area (Å²) in [6, 6.07) is 15.4. The van der Waals surface area contributed by atoms with E-state index in [2.05, 4.69) is 21.4 Å². The van der Waals surface area contributed by atoms with Gasteiger partial charge in [0, 0.05) is 39.2 Å². The fraction of sp³-hybridized carbons (Fsp3) is 0.280. The van der Waals surface area contributed by atoms with Crippen LogP contribution in [0.2, 0.25) is 0 Å². The molecule has 8 nitrogen and oxygen atoms in total. The maximum Gasteiger partial charge on any atom is 0.251 e. The number of carbonyl (C=O) groups is 1. The van der Waals surface area contributed by atoms with E-state index in [0.29, 0.717) is 5.56 Å². The van der Waals surface area contributed by atoms with Crippen molar-refractivity contribution in [1.82, 2.24) is 21.1 Å². The highest BCUT2D eigenvalue weighted by Crippen LogP contribution is 2.26. The summed E-state index contributed by atoms with van der Waals surface area (Å²) < 4.78 is 11.7. The van der Waals surface area contributed by atoms with Gasteiger partial charge in [0.15, 0.2) is 6.29 Å². The molecule has 5 rings (SSSR count). The summed E-state index contributed by atoms with van der Waals surface area (Å²) in [7, 11) is -1.01. The molecule has 2 unspecified atom stereocenters. The van der Waals surface area contributed by atoms with E-state index >= 15 is 0 Å². The number of benzene rings is 2. The maximum atomic E-state index is 12.5. The number of piperidine rings is 1. The van der Waals surface area contributed by atoms with Crippen LogP contribution < -0.4 is 21.4 Å². The van der Waals surface area contributed by atoms with E-state index in [0.717, 1.165) is 53.6 Å². The smallest absolute Gasteiger partial charge is 0.251 e. The Hall–Kier alpha value is -3.27. The second-order valence-corrected chi connectivity index (χ2v) is 9.84. The molecule has 0 bridgehead atoms. The van der Waals surface area contributed by atoms with E-state index in [1.165, 1.54) is 0 Å². The molecule has 176 valence electrons. The molecule has 0 aliphatic carbocycles. The first kappa shape index (κ1) is 22.5. The number of hydrogen-bond acceptors (Lipinski definition) is 7. The zero-order valence-electron chi connectivity index (χ0n) is 19.0. The minimum atomic E-state index is -1.01. The van der Waals surface area contributed by atoms with Gasteiger partial charge in [-0.25, -0.2) is 4.99 Å². The van der Waals surface area contributed by atoms with Gasteiger partial charge in [0.2, 0.25) is 0 Å². The third-order valence-corrected chi connectivity index (χ3v) is 7.03.